The van der Waals surface area contributed by atoms with Gasteiger partial charge < -0.3 is 19.9 Å². The number of fused-ring (bicyclic) bond motifs is 1. The summed E-state index contributed by atoms with van der Waals surface area (Å²) in [5, 5.41) is 0. The van der Waals surface area contributed by atoms with Gasteiger partial charge >= 0.3 is 0 Å². The van der Waals surface area contributed by atoms with E-state index in [0.29, 0.717) is 26.4 Å². The second kappa shape index (κ2) is 5.61. The summed E-state index contributed by atoms with van der Waals surface area (Å²) in [4.78, 5) is 0. The first kappa shape index (κ1) is 11.1. The van der Waals surface area contributed by atoms with Crippen molar-refractivity contribution >= 4 is 0 Å². The first-order valence-electron chi connectivity index (χ1n) is 5.62. The lowest BCUT2D eigenvalue weighted by atomic mass is 10.3. The van der Waals surface area contributed by atoms with Crippen LogP contribution in [-0.2, 0) is 0 Å². The SMILES string of the molecule is NCCCOc1ccc2c(c1)OCCCO2. The molecule has 4 heteroatoms. The Balaban J connectivity index is 2.02. The average molecular weight is 223 g/mol. The second-order valence-corrected chi connectivity index (χ2v) is 3.65. The van der Waals surface area contributed by atoms with Crippen molar-refractivity contribution in [3.05, 3.63) is 18.2 Å². The molecule has 0 spiro atoms. The van der Waals surface area contributed by atoms with Crippen LogP contribution in [0.15, 0.2) is 18.2 Å². The summed E-state index contributed by atoms with van der Waals surface area (Å²) in [6.45, 7) is 2.68. The van der Waals surface area contributed by atoms with E-state index < -0.39 is 0 Å². The lowest BCUT2D eigenvalue weighted by Gasteiger charge is -2.10. The molecule has 0 bridgehead atoms. The minimum atomic E-state index is 0.635. The molecule has 16 heavy (non-hydrogen) atoms. The largest absolute Gasteiger partial charge is 0.493 e. The fraction of sp³-hybridized carbons (Fsp3) is 0.500. The van der Waals surface area contributed by atoms with Crippen LogP contribution in [0, 0.1) is 0 Å². The average Bonchev–Trinajstić information content (AvgIpc) is 2.54. The van der Waals surface area contributed by atoms with Crippen molar-refractivity contribution in [1.82, 2.24) is 0 Å². The first-order valence-corrected chi connectivity index (χ1v) is 5.62. The van der Waals surface area contributed by atoms with Crippen LogP contribution in [-0.4, -0.2) is 26.4 Å². The van der Waals surface area contributed by atoms with Gasteiger partial charge in [-0.05, 0) is 25.1 Å². The summed E-state index contributed by atoms with van der Waals surface area (Å²) in [5.41, 5.74) is 5.40. The highest BCUT2D eigenvalue weighted by atomic mass is 16.5. The minimum Gasteiger partial charge on any atom is -0.493 e. The smallest absolute Gasteiger partial charge is 0.164 e. The van der Waals surface area contributed by atoms with Crippen molar-refractivity contribution in [2.75, 3.05) is 26.4 Å². The van der Waals surface area contributed by atoms with E-state index in [4.69, 9.17) is 19.9 Å². The maximum atomic E-state index is 5.57. The lowest BCUT2D eigenvalue weighted by molar-refractivity contribution is 0.295. The molecule has 0 saturated heterocycles. The van der Waals surface area contributed by atoms with Crippen LogP contribution in [0.1, 0.15) is 12.8 Å². The third-order valence-electron chi connectivity index (χ3n) is 2.34. The molecule has 88 valence electrons. The van der Waals surface area contributed by atoms with Gasteiger partial charge in [-0.2, -0.15) is 0 Å². The first-order chi connectivity index (χ1) is 7.90. The van der Waals surface area contributed by atoms with Gasteiger partial charge in [-0.25, -0.2) is 0 Å². The van der Waals surface area contributed by atoms with Crippen molar-refractivity contribution < 1.29 is 14.2 Å². The third-order valence-corrected chi connectivity index (χ3v) is 2.34. The number of hydrogen-bond acceptors (Lipinski definition) is 4. The predicted molar refractivity (Wildman–Crippen MR) is 61.2 cm³/mol. The van der Waals surface area contributed by atoms with Gasteiger partial charge in [0.2, 0.25) is 0 Å². The topological polar surface area (TPSA) is 53.7 Å². The highest BCUT2D eigenvalue weighted by Crippen LogP contribution is 2.33. The molecule has 1 aliphatic heterocycles. The van der Waals surface area contributed by atoms with E-state index in [1.807, 2.05) is 18.2 Å². The van der Waals surface area contributed by atoms with Crippen LogP contribution in [0.5, 0.6) is 17.2 Å². The van der Waals surface area contributed by atoms with Crippen molar-refractivity contribution in [2.45, 2.75) is 12.8 Å². The maximum absolute atomic E-state index is 5.57. The quantitative estimate of drug-likeness (QED) is 0.787. The number of rotatable bonds is 4. The van der Waals surface area contributed by atoms with Crippen molar-refractivity contribution in [2.24, 2.45) is 5.73 Å². The number of nitrogens with two attached hydrogens (primary N) is 1. The van der Waals surface area contributed by atoms with E-state index in [0.717, 1.165) is 30.1 Å². The molecule has 1 aromatic carbocycles. The van der Waals surface area contributed by atoms with E-state index in [1.165, 1.54) is 0 Å². The molecule has 0 unspecified atom stereocenters. The Labute approximate surface area is 95.3 Å². The second-order valence-electron chi connectivity index (χ2n) is 3.65. The Hall–Kier alpha value is -1.42. The summed E-state index contributed by atoms with van der Waals surface area (Å²) < 4.78 is 16.6. The number of ether oxygens (including phenoxy) is 3. The van der Waals surface area contributed by atoms with E-state index >= 15 is 0 Å². The van der Waals surface area contributed by atoms with E-state index in [2.05, 4.69) is 0 Å². The molecule has 0 fully saturated rings. The molecule has 2 rings (SSSR count). The Morgan fingerprint density at radius 3 is 2.81 bits per heavy atom. The van der Waals surface area contributed by atoms with Crippen molar-refractivity contribution in [1.29, 1.82) is 0 Å². The van der Waals surface area contributed by atoms with Gasteiger partial charge in [0, 0.05) is 12.5 Å². The van der Waals surface area contributed by atoms with Gasteiger partial charge in [-0.15, -0.1) is 0 Å². The fourth-order valence-electron chi connectivity index (χ4n) is 1.51. The predicted octanol–water partition coefficient (Wildman–Crippen LogP) is 1.58. The number of benzene rings is 1. The molecule has 4 nitrogen and oxygen atoms in total. The maximum Gasteiger partial charge on any atom is 0.164 e. The molecule has 0 aromatic heterocycles. The molecule has 0 aliphatic carbocycles. The normalized spacial score (nSPS) is 14.3. The summed E-state index contributed by atoms with van der Waals surface area (Å²) in [5.74, 6) is 2.36. The molecular weight excluding hydrogens is 206 g/mol. The van der Waals surface area contributed by atoms with Crippen molar-refractivity contribution in [3.63, 3.8) is 0 Å². The van der Waals surface area contributed by atoms with Crippen LogP contribution >= 0.6 is 0 Å². The van der Waals surface area contributed by atoms with Crippen molar-refractivity contribution in [3.8, 4) is 17.2 Å². The highest BCUT2D eigenvalue weighted by Gasteiger charge is 2.10. The van der Waals surface area contributed by atoms with Gasteiger partial charge in [-0.3, -0.25) is 0 Å². The Kier molecular flexibility index (Phi) is 3.88. The van der Waals surface area contributed by atoms with E-state index in [-0.39, 0.29) is 0 Å². The van der Waals surface area contributed by atoms with Gasteiger partial charge in [0.25, 0.3) is 0 Å². The fourth-order valence-corrected chi connectivity index (χ4v) is 1.51. The van der Waals surface area contributed by atoms with E-state index in [9.17, 15) is 0 Å². The van der Waals surface area contributed by atoms with Gasteiger partial charge in [0.1, 0.15) is 5.75 Å². The number of hydrogen-bond donors (Lipinski definition) is 1. The third kappa shape index (κ3) is 2.79. The van der Waals surface area contributed by atoms with Gasteiger partial charge in [0.05, 0.1) is 19.8 Å². The van der Waals surface area contributed by atoms with Gasteiger partial charge in [-0.1, -0.05) is 0 Å². The summed E-state index contributed by atoms with van der Waals surface area (Å²) in [7, 11) is 0. The Morgan fingerprint density at radius 1 is 1.19 bits per heavy atom. The zero-order valence-electron chi connectivity index (χ0n) is 9.28. The zero-order chi connectivity index (χ0) is 11.2. The van der Waals surface area contributed by atoms with Crippen LogP contribution < -0.4 is 19.9 Å². The molecule has 0 atom stereocenters. The summed E-state index contributed by atoms with van der Waals surface area (Å²) in [6.07, 6.45) is 1.77. The summed E-state index contributed by atoms with van der Waals surface area (Å²) in [6, 6.07) is 5.65. The molecule has 0 radical (unpaired) electrons. The molecular formula is C12H17NO3. The monoisotopic (exact) mass is 223 g/mol. The van der Waals surface area contributed by atoms with Gasteiger partial charge in [0.15, 0.2) is 11.5 Å². The van der Waals surface area contributed by atoms with Crippen LogP contribution in [0.3, 0.4) is 0 Å². The van der Waals surface area contributed by atoms with Crippen LogP contribution in [0.4, 0.5) is 0 Å². The Bertz CT molecular complexity index is 341. The minimum absolute atomic E-state index is 0.635. The molecule has 1 aromatic rings. The van der Waals surface area contributed by atoms with E-state index in [1.54, 1.807) is 0 Å². The zero-order valence-corrected chi connectivity index (χ0v) is 9.28. The Morgan fingerprint density at radius 2 is 2.00 bits per heavy atom. The molecule has 1 heterocycles. The van der Waals surface area contributed by atoms with Crippen LogP contribution in [0.2, 0.25) is 0 Å². The van der Waals surface area contributed by atoms with Crippen LogP contribution in [0.25, 0.3) is 0 Å². The standard InChI is InChI=1S/C12H17NO3/c13-5-1-6-14-10-3-4-11-12(9-10)16-8-2-7-15-11/h3-4,9H,1-2,5-8,13H2. The molecule has 1 aliphatic rings. The molecule has 0 saturated carbocycles. The molecule has 2 N–H and O–H groups in total. The lowest BCUT2D eigenvalue weighted by Crippen LogP contribution is -2.06. The summed E-state index contributed by atoms with van der Waals surface area (Å²) >= 11 is 0. The highest BCUT2D eigenvalue weighted by molar-refractivity contribution is 5.45. The molecule has 0 amide bonds.